The number of nitrogens with zero attached hydrogens (tertiary/aromatic N) is 1. The van der Waals surface area contributed by atoms with Crippen LogP contribution in [0.3, 0.4) is 0 Å². The minimum Gasteiger partial charge on any atom is -0.497 e. The highest BCUT2D eigenvalue weighted by Crippen LogP contribution is 2.20. The smallest absolute Gasteiger partial charge is 0.240 e. The molecule has 0 aliphatic carbocycles. The molecule has 7 heteroatoms. The van der Waals surface area contributed by atoms with E-state index >= 15 is 0 Å². The Bertz CT molecular complexity index is 910. The van der Waals surface area contributed by atoms with Gasteiger partial charge in [0, 0.05) is 26.6 Å². The molecule has 0 unspecified atom stereocenters. The van der Waals surface area contributed by atoms with Crippen molar-refractivity contribution in [2.75, 3.05) is 20.2 Å². The van der Waals surface area contributed by atoms with E-state index in [1.54, 1.807) is 24.0 Å². The van der Waals surface area contributed by atoms with Crippen molar-refractivity contribution in [3.8, 4) is 5.75 Å². The van der Waals surface area contributed by atoms with Gasteiger partial charge in [-0.1, -0.05) is 24.3 Å². The maximum absolute atomic E-state index is 12.6. The van der Waals surface area contributed by atoms with Crippen molar-refractivity contribution in [2.24, 2.45) is 0 Å². The summed E-state index contributed by atoms with van der Waals surface area (Å²) in [5.41, 5.74) is 2.74. The van der Waals surface area contributed by atoms with Crippen molar-refractivity contribution in [2.45, 2.75) is 32.2 Å². The molecule has 146 valence electrons. The lowest BCUT2D eigenvalue weighted by Gasteiger charge is -2.22. The number of amides is 1. The molecule has 0 saturated heterocycles. The molecule has 27 heavy (non-hydrogen) atoms. The van der Waals surface area contributed by atoms with Crippen molar-refractivity contribution in [3.63, 3.8) is 0 Å². The number of aryl methyl sites for hydroxylation is 2. The van der Waals surface area contributed by atoms with E-state index in [0.717, 1.165) is 11.1 Å². The Morgan fingerprint density at radius 2 is 1.81 bits per heavy atom. The molecule has 2 rings (SSSR count). The lowest BCUT2D eigenvalue weighted by Crippen LogP contribution is -2.37. The Kier molecular flexibility index (Phi) is 6.98. The van der Waals surface area contributed by atoms with E-state index in [1.807, 2.05) is 31.2 Å². The molecule has 0 aromatic heterocycles. The molecule has 2 aromatic rings. The molecule has 1 N–H and O–H groups in total. The van der Waals surface area contributed by atoms with Crippen LogP contribution in [0.5, 0.6) is 5.75 Å². The third kappa shape index (κ3) is 5.55. The first kappa shape index (κ1) is 20.9. The molecule has 0 aliphatic rings. The summed E-state index contributed by atoms with van der Waals surface area (Å²) in [4.78, 5) is 13.8. The highest BCUT2D eigenvalue weighted by molar-refractivity contribution is 7.89. The number of sulfonamides is 1. The van der Waals surface area contributed by atoms with Crippen LogP contribution in [0.1, 0.15) is 23.6 Å². The van der Waals surface area contributed by atoms with E-state index in [0.29, 0.717) is 17.9 Å². The van der Waals surface area contributed by atoms with E-state index in [9.17, 15) is 13.2 Å². The van der Waals surface area contributed by atoms with Gasteiger partial charge in [0.25, 0.3) is 0 Å². The van der Waals surface area contributed by atoms with Crippen LogP contribution in [0.2, 0.25) is 0 Å². The van der Waals surface area contributed by atoms with Crippen LogP contribution in [0, 0.1) is 13.8 Å². The van der Waals surface area contributed by atoms with Gasteiger partial charge in [0.15, 0.2) is 0 Å². The van der Waals surface area contributed by atoms with Crippen molar-refractivity contribution in [3.05, 3.63) is 59.2 Å². The summed E-state index contributed by atoms with van der Waals surface area (Å²) in [6.45, 7) is 6.07. The second-order valence-electron chi connectivity index (χ2n) is 6.40. The zero-order valence-electron chi connectivity index (χ0n) is 16.2. The Balaban J connectivity index is 2.03. The Morgan fingerprint density at radius 1 is 1.11 bits per heavy atom. The molecule has 0 atom stereocenters. The summed E-state index contributed by atoms with van der Waals surface area (Å²) in [7, 11) is -2.13. The topological polar surface area (TPSA) is 75.7 Å². The average Bonchev–Trinajstić information content (AvgIpc) is 2.61. The number of methoxy groups -OCH3 is 1. The maximum atomic E-state index is 12.6. The van der Waals surface area contributed by atoms with Crippen LogP contribution in [0.15, 0.2) is 47.4 Å². The van der Waals surface area contributed by atoms with E-state index in [-0.39, 0.29) is 23.9 Å². The molecule has 1 amide bonds. The summed E-state index contributed by atoms with van der Waals surface area (Å²) < 4.78 is 32.8. The lowest BCUT2D eigenvalue weighted by molar-refractivity contribution is -0.129. The van der Waals surface area contributed by atoms with Gasteiger partial charge in [-0.05, 0) is 48.7 Å². The van der Waals surface area contributed by atoms with Gasteiger partial charge < -0.3 is 9.64 Å². The number of carbonyl (C=O) groups excluding carboxylic acids is 1. The minimum absolute atomic E-state index is 0.0990. The monoisotopic (exact) mass is 390 g/mol. The predicted molar refractivity (Wildman–Crippen MR) is 105 cm³/mol. The predicted octanol–water partition coefficient (Wildman–Crippen LogP) is 2.64. The number of hydrogen-bond donors (Lipinski definition) is 1. The second kappa shape index (κ2) is 9.01. The van der Waals surface area contributed by atoms with E-state index in [1.165, 1.54) is 20.1 Å². The lowest BCUT2D eigenvalue weighted by atomic mass is 10.1. The summed E-state index contributed by atoms with van der Waals surface area (Å²) in [6.07, 6.45) is 0. The first-order valence-corrected chi connectivity index (χ1v) is 10.2. The van der Waals surface area contributed by atoms with Gasteiger partial charge in [0.1, 0.15) is 5.75 Å². The normalized spacial score (nSPS) is 11.3. The van der Waals surface area contributed by atoms with Gasteiger partial charge in [-0.2, -0.15) is 0 Å². The van der Waals surface area contributed by atoms with Crippen LogP contribution < -0.4 is 9.46 Å². The third-order valence-electron chi connectivity index (χ3n) is 4.41. The molecular weight excluding hydrogens is 364 g/mol. The number of benzene rings is 2. The van der Waals surface area contributed by atoms with E-state index < -0.39 is 10.0 Å². The van der Waals surface area contributed by atoms with Crippen LogP contribution in [0.4, 0.5) is 0 Å². The van der Waals surface area contributed by atoms with Crippen LogP contribution in [-0.2, 0) is 21.4 Å². The van der Waals surface area contributed by atoms with Crippen molar-refractivity contribution < 1.29 is 17.9 Å². The molecule has 0 bridgehead atoms. The number of ether oxygens (including phenoxy) is 1. The molecule has 0 heterocycles. The molecule has 0 fully saturated rings. The van der Waals surface area contributed by atoms with Crippen molar-refractivity contribution in [1.29, 1.82) is 0 Å². The van der Waals surface area contributed by atoms with Gasteiger partial charge in [-0.15, -0.1) is 0 Å². The quantitative estimate of drug-likeness (QED) is 0.752. The zero-order valence-corrected chi connectivity index (χ0v) is 17.0. The van der Waals surface area contributed by atoms with Gasteiger partial charge in [0.2, 0.25) is 15.9 Å². The molecular formula is C20H26N2O4S. The van der Waals surface area contributed by atoms with Crippen LogP contribution in [0.25, 0.3) is 0 Å². The van der Waals surface area contributed by atoms with Crippen LogP contribution >= 0.6 is 0 Å². The highest BCUT2D eigenvalue weighted by Gasteiger charge is 2.18. The molecule has 6 nitrogen and oxygen atoms in total. The van der Waals surface area contributed by atoms with Crippen molar-refractivity contribution in [1.82, 2.24) is 9.62 Å². The minimum atomic E-state index is -3.66. The van der Waals surface area contributed by atoms with E-state index in [4.69, 9.17) is 4.74 Å². The Hall–Kier alpha value is -2.38. The van der Waals surface area contributed by atoms with Gasteiger partial charge >= 0.3 is 0 Å². The summed E-state index contributed by atoms with van der Waals surface area (Å²) in [5.74, 6) is 0.505. The largest absolute Gasteiger partial charge is 0.497 e. The maximum Gasteiger partial charge on any atom is 0.240 e. The highest BCUT2D eigenvalue weighted by atomic mass is 32.2. The van der Waals surface area contributed by atoms with Crippen molar-refractivity contribution >= 4 is 15.9 Å². The number of nitrogens with one attached hydrogen (secondary N) is 1. The van der Waals surface area contributed by atoms with E-state index in [2.05, 4.69) is 4.72 Å². The standard InChI is InChI=1S/C20H26N2O4S/c1-15-7-5-6-8-18(15)14-22(17(3)23)12-11-21-27(24,25)20-10-9-19(26-4)13-16(20)2/h5-10,13,21H,11-12,14H2,1-4H3. The zero-order chi connectivity index (χ0) is 20.0. The fourth-order valence-electron chi connectivity index (χ4n) is 2.78. The third-order valence-corrected chi connectivity index (χ3v) is 6.03. The molecule has 0 radical (unpaired) electrons. The number of rotatable bonds is 8. The average molecular weight is 391 g/mol. The molecule has 0 saturated carbocycles. The Morgan fingerprint density at radius 3 is 2.41 bits per heavy atom. The fraction of sp³-hybridized carbons (Fsp3) is 0.350. The van der Waals surface area contributed by atoms with Gasteiger partial charge in [-0.3, -0.25) is 4.79 Å². The fourth-order valence-corrected chi connectivity index (χ4v) is 4.03. The molecule has 2 aromatic carbocycles. The summed E-state index contributed by atoms with van der Waals surface area (Å²) >= 11 is 0. The second-order valence-corrected chi connectivity index (χ2v) is 8.13. The molecule has 0 spiro atoms. The van der Waals surface area contributed by atoms with Gasteiger partial charge in [-0.25, -0.2) is 13.1 Å². The van der Waals surface area contributed by atoms with Gasteiger partial charge in [0.05, 0.1) is 12.0 Å². The number of hydrogen-bond acceptors (Lipinski definition) is 4. The van der Waals surface area contributed by atoms with Crippen LogP contribution in [-0.4, -0.2) is 39.4 Å². The summed E-state index contributed by atoms with van der Waals surface area (Å²) in [6, 6.07) is 12.6. The molecule has 0 aliphatic heterocycles. The summed E-state index contributed by atoms with van der Waals surface area (Å²) in [5, 5.41) is 0. The SMILES string of the molecule is COc1ccc(S(=O)(=O)NCCN(Cc2ccccc2C)C(C)=O)c(C)c1. The first-order chi connectivity index (χ1) is 12.7. The Labute approximate surface area is 161 Å². The first-order valence-electron chi connectivity index (χ1n) is 8.69. The number of carbonyl (C=O) groups is 1.